The topological polar surface area (TPSA) is 53.7 Å². The van der Waals surface area contributed by atoms with E-state index in [1.54, 1.807) is 14.2 Å². The zero-order valence-electron chi connectivity index (χ0n) is 10.6. The Kier molecular flexibility index (Phi) is 6.25. The summed E-state index contributed by atoms with van der Waals surface area (Å²) in [5.74, 6) is 2.25. The van der Waals surface area contributed by atoms with Crippen molar-refractivity contribution in [3.63, 3.8) is 0 Å². The summed E-state index contributed by atoms with van der Waals surface area (Å²) < 4.78 is 16.0. The van der Waals surface area contributed by atoms with Gasteiger partial charge in [0.1, 0.15) is 17.2 Å². The number of rotatable bonds is 8. The van der Waals surface area contributed by atoms with Gasteiger partial charge in [0, 0.05) is 18.2 Å². The van der Waals surface area contributed by atoms with E-state index in [0.29, 0.717) is 6.61 Å². The van der Waals surface area contributed by atoms with E-state index in [1.807, 2.05) is 18.2 Å². The second kappa shape index (κ2) is 7.79. The lowest BCUT2D eigenvalue weighted by Crippen LogP contribution is -2.02. The zero-order chi connectivity index (χ0) is 12.5. The predicted molar refractivity (Wildman–Crippen MR) is 67.9 cm³/mol. The number of unbranched alkanes of at least 4 members (excludes halogenated alkanes) is 2. The molecular weight excluding hydrogens is 218 g/mol. The lowest BCUT2D eigenvalue weighted by atomic mass is 10.2. The van der Waals surface area contributed by atoms with Crippen molar-refractivity contribution >= 4 is 0 Å². The number of hydrogen-bond donors (Lipinski definition) is 1. The maximum absolute atomic E-state index is 5.64. The van der Waals surface area contributed by atoms with Gasteiger partial charge >= 0.3 is 0 Å². The summed E-state index contributed by atoms with van der Waals surface area (Å²) in [6, 6.07) is 5.53. The molecular formula is C13H21NO3. The monoisotopic (exact) mass is 239 g/mol. The van der Waals surface area contributed by atoms with Crippen LogP contribution in [0.3, 0.4) is 0 Å². The molecule has 17 heavy (non-hydrogen) atoms. The first-order chi connectivity index (χ1) is 8.30. The molecule has 1 rings (SSSR count). The summed E-state index contributed by atoms with van der Waals surface area (Å²) >= 11 is 0. The Hall–Kier alpha value is -1.42. The molecule has 0 aliphatic carbocycles. The molecule has 0 fully saturated rings. The largest absolute Gasteiger partial charge is 0.496 e. The summed E-state index contributed by atoms with van der Waals surface area (Å²) in [7, 11) is 3.25. The van der Waals surface area contributed by atoms with Crippen molar-refractivity contribution < 1.29 is 14.2 Å². The van der Waals surface area contributed by atoms with E-state index in [0.717, 1.165) is 43.1 Å². The molecule has 4 nitrogen and oxygen atoms in total. The van der Waals surface area contributed by atoms with Crippen LogP contribution in [0.5, 0.6) is 17.2 Å². The maximum atomic E-state index is 5.64. The van der Waals surface area contributed by atoms with Crippen LogP contribution < -0.4 is 19.9 Å². The van der Waals surface area contributed by atoms with Gasteiger partial charge in [0.05, 0.1) is 20.8 Å². The normalized spacial score (nSPS) is 10.1. The highest BCUT2D eigenvalue weighted by Gasteiger charge is 2.02. The second-order valence-corrected chi connectivity index (χ2v) is 3.75. The molecule has 0 spiro atoms. The molecule has 0 aliphatic rings. The Balaban J connectivity index is 2.46. The van der Waals surface area contributed by atoms with E-state index >= 15 is 0 Å². The predicted octanol–water partition coefficient (Wildman–Crippen LogP) is 2.21. The number of nitrogens with two attached hydrogens (primary N) is 1. The first-order valence-electron chi connectivity index (χ1n) is 5.86. The number of methoxy groups -OCH3 is 2. The Morgan fingerprint density at radius 1 is 0.882 bits per heavy atom. The molecule has 0 aliphatic heterocycles. The van der Waals surface area contributed by atoms with Crippen molar-refractivity contribution in [1.29, 1.82) is 0 Å². The zero-order valence-corrected chi connectivity index (χ0v) is 10.6. The SMILES string of the molecule is COc1cc(OC)cc(OCCCCCN)c1. The minimum absolute atomic E-state index is 0.691. The van der Waals surface area contributed by atoms with Crippen LogP contribution >= 0.6 is 0 Å². The number of hydrogen-bond acceptors (Lipinski definition) is 4. The second-order valence-electron chi connectivity index (χ2n) is 3.75. The van der Waals surface area contributed by atoms with Gasteiger partial charge in [-0.1, -0.05) is 0 Å². The van der Waals surface area contributed by atoms with Crippen LogP contribution in [-0.2, 0) is 0 Å². The van der Waals surface area contributed by atoms with Gasteiger partial charge in [-0.25, -0.2) is 0 Å². The van der Waals surface area contributed by atoms with E-state index in [2.05, 4.69) is 0 Å². The van der Waals surface area contributed by atoms with Crippen molar-refractivity contribution in [2.75, 3.05) is 27.4 Å². The molecule has 0 saturated carbocycles. The van der Waals surface area contributed by atoms with Gasteiger partial charge < -0.3 is 19.9 Å². The summed E-state index contributed by atoms with van der Waals surface area (Å²) in [5, 5.41) is 0. The third-order valence-electron chi connectivity index (χ3n) is 2.44. The van der Waals surface area contributed by atoms with Crippen molar-refractivity contribution in [2.24, 2.45) is 5.73 Å². The van der Waals surface area contributed by atoms with Crippen molar-refractivity contribution in [3.8, 4) is 17.2 Å². The standard InChI is InChI=1S/C13H21NO3/c1-15-11-8-12(16-2)10-13(9-11)17-7-5-3-4-6-14/h8-10H,3-7,14H2,1-2H3. The molecule has 1 aromatic rings. The molecule has 0 saturated heterocycles. The summed E-state index contributed by atoms with van der Waals surface area (Å²) in [6.45, 7) is 1.43. The lowest BCUT2D eigenvalue weighted by Gasteiger charge is -2.10. The molecule has 96 valence electrons. The van der Waals surface area contributed by atoms with E-state index in [1.165, 1.54) is 0 Å². The quantitative estimate of drug-likeness (QED) is 0.707. The van der Waals surface area contributed by atoms with E-state index in [4.69, 9.17) is 19.9 Å². The summed E-state index contributed by atoms with van der Waals surface area (Å²) in [4.78, 5) is 0. The van der Waals surface area contributed by atoms with Crippen molar-refractivity contribution in [1.82, 2.24) is 0 Å². The molecule has 0 radical (unpaired) electrons. The van der Waals surface area contributed by atoms with Gasteiger partial charge in [-0.3, -0.25) is 0 Å². The van der Waals surface area contributed by atoms with Gasteiger partial charge in [0.2, 0.25) is 0 Å². The Labute approximate surface area is 103 Å². The van der Waals surface area contributed by atoms with E-state index in [-0.39, 0.29) is 0 Å². The molecule has 4 heteroatoms. The first kappa shape index (κ1) is 13.6. The molecule has 0 amide bonds. The Bertz CT molecular complexity index is 306. The van der Waals surface area contributed by atoms with Gasteiger partial charge in [-0.05, 0) is 25.8 Å². The smallest absolute Gasteiger partial charge is 0.126 e. The average molecular weight is 239 g/mol. The fraction of sp³-hybridized carbons (Fsp3) is 0.538. The van der Waals surface area contributed by atoms with Gasteiger partial charge in [-0.15, -0.1) is 0 Å². The van der Waals surface area contributed by atoms with Gasteiger partial charge in [0.25, 0.3) is 0 Å². The van der Waals surface area contributed by atoms with Gasteiger partial charge in [0.15, 0.2) is 0 Å². The van der Waals surface area contributed by atoms with Crippen LogP contribution in [0.4, 0.5) is 0 Å². The number of benzene rings is 1. The third kappa shape index (κ3) is 4.95. The van der Waals surface area contributed by atoms with Crippen molar-refractivity contribution in [3.05, 3.63) is 18.2 Å². The fourth-order valence-corrected chi connectivity index (χ4v) is 1.48. The van der Waals surface area contributed by atoms with Crippen LogP contribution in [0.15, 0.2) is 18.2 Å². The molecule has 0 bridgehead atoms. The molecule has 0 aromatic heterocycles. The highest BCUT2D eigenvalue weighted by molar-refractivity contribution is 5.41. The lowest BCUT2D eigenvalue weighted by molar-refractivity contribution is 0.300. The minimum Gasteiger partial charge on any atom is -0.496 e. The van der Waals surface area contributed by atoms with Crippen LogP contribution in [-0.4, -0.2) is 27.4 Å². The highest BCUT2D eigenvalue weighted by atomic mass is 16.5. The Morgan fingerprint density at radius 2 is 1.47 bits per heavy atom. The van der Waals surface area contributed by atoms with Gasteiger partial charge in [-0.2, -0.15) is 0 Å². The minimum atomic E-state index is 0.691. The molecule has 1 aromatic carbocycles. The Morgan fingerprint density at radius 3 is 2.00 bits per heavy atom. The first-order valence-corrected chi connectivity index (χ1v) is 5.86. The summed E-state index contributed by atoms with van der Waals surface area (Å²) in [5.41, 5.74) is 5.42. The van der Waals surface area contributed by atoms with Crippen LogP contribution in [0.25, 0.3) is 0 Å². The van der Waals surface area contributed by atoms with Crippen LogP contribution in [0, 0.1) is 0 Å². The number of ether oxygens (including phenoxy) is 3. The van der Waals surface area contributed by atoms with E-state index < -0.39 is 0 Å². The highest BCUT2D eigenvalue weighted by Crippen LogP contribution is 2.27. The van der Waals surface area contributed by atoms with Crippen LogP contribution in [0.2, 0.25) is 0 Å². The van der Waals surface area contributed by atoms with E-state index in [9.17, 15) is 0 Å². The molecule has 2 N–H and O–H groups in total. The van der Waals surface area contributed by atoms with Crippen LogP contribution in [0.1, 0.15) is 19.3 Å². The maximum Gasteiger partial charge on any atom is 0.126 e. The summed E-state index contributed by atoms with van der Waals surface area (Å²) in [6.07, 6.45) is 3.15. The molecule has 0 heterocycles. The molecule has 0 unspecified atom stereocenters. The fourth-order valence-electron chi connectivity index (χ4n) is 1.48. The average Bonchev–Trinajstić information content (AvgIpc) is 2.38. The molecule has 0 atom stereocenters. The van der Waals surface area contributed by atoms with Crippen molar-refractivity contribution in [2.45, 2.75) is 19.3 Å². The third-order valence-corrected chi connectivity index (χ3v) is 2.44.